The van der Waals surface area contributed by atoms with Gasteiger partial charge in [-0.1, -0.05) is 36.0 Å². The van der Waals surface area contributed by atoms with E-state index in [0.29, 0.717) is 17.7 Å². The van der Waals surface area contributed by atoms with Crippen molar-refractivity contribution in [1.82, 2.24) is 0 Å². The number of hydrogen-bond acceptors (Lipinski definition) is 6. The number of halogens is 3. The van der Waals surface area contributed by atoms with Crippen molar-refractivity contribution in [2.45, 2.75) is 30.6 Å². The summed E-state index contributed by atoms with van der Waals surface area (Å²) in [6.45, 7) is -0.0930. The topological polar surface area (TPSA) is 72.8 Å². The van der Waals surface area contributed by atoms with Gasteiger partial charge < -0.3 is 14.6 Å². The number of alkyl halides is 3. The summed E-state index contributed by atoms with van der Waals surface area (Å²) in [5, 5.41) is 9.69. The molecule has 9 heteroatoms. The molecule has 0 aliphatic carbocycles. The van der Waals surface area contributed by atoms with Crippen molar-refractivity contribution in [2.24, 2.45) is 0 Å². The Morgan fingerprint density at radius 1 is 1.03 bits per heavy atom. The van der Waals surface area contributed by atoms with Crippen LogP contribution in [-0.2, 0) is 16.0 Å². The standard InChI is InChI=1S/C20H17F3O5S/c21-20(22,23)28-15-7-3-13(4-8-15)17(25)11-27-14-5-1-12(2-6-14)9-18-16(24)10-19(26)29-18/h1-8,17-18,25H,9-11H2. The van der Waals surface area contributed by atoms with Crippen LogP contribution in [0.2, 0.25) is 0 Å². The van der Waals surface area contributed by atoms with Gasteiger partial charge in [0.05, 0.1) is 11.7 Å². The van der Waals surface area contributed by atoms with E-state index >= 15 is 0 Å². The van der Waals surface area contributed by atoms with Crippen LogP contribution in [0.4, 0.5) is 13.2 Å². The SMILES string of the molecule is O=C1CC(=O)C(Cc2ccc(OCC(O)c3ccc(OC(F)(F)F)cc3)cc2)S1. The number of ketones is 1. The van der Waals surface area contributed by atoms with Crippen molar-refractivity contribution in [1.29, 1.82) is 0 Å². The first-order chi connectivity index (χ1) is 13.7. The van der Waals surface area contributed by atoms with Crippen molar-refractivity contribution in [2.75, 3.05) is 6.61 Å². The maximum Gasteiger partial charge on any atom is 0.573 e. The first-order valence-electron chi connectivity index (χ1n) is 8.67. The zero-order valence-corrected chi connectivity index (χ0v) is 15.8. The van der Waals surface area contributed by atoms with Crippen LogP contribution in [0.3, 0.4) is 0 Å². The lowest BCUT2D eigenvalue weighted by Crippen LogP contribution is -2.17. The predicted molar refractivity (Wildman–Crippen MR) is 99.7 cm³/mol. The van der Waals surface area contributed by atoms with Gasteiger partial charge in [0.1, 0.15) is 24.2 Å². The van der Waals surface area contributed by atoms with Crippen LogP contribution in [0, 0.1) is 0 Å². The molecule has 1 aliphatic rings. The van der Waals surface area contributed by atoms with Crippen LogP contribution in [0.1, 0.15) is 23.7 Å². The van der Waals surface area contributed by atoms with Gasteiger partial charge in [0.25, 0.3) is 0 Å². The number of aliphatic hydroxyl groups excluding tert-OH is 1. The highest BCUT2D eigenvalue weighted by Gasteiger charge is 2.32. The lowest BCUT2D eigenvalue weighted by Gasteiger charge is -2.14. The average molecular weight is 426 g/mol. The molecule has 1 N–H and O–H groups in total. The van der Waals surface area contributed by atoms with Crippen molar-refractivity contribution < 1.29 is 37.3 Å². The van der Waals surface area contributed by atoms with Gasteiger partial charge in [-0.05, 0) is 41.8 Å². The first kappa shape index (κ1) is 21.2. The number of carbonyl (C=O) groups excluding carboxylic acids is 2. The minimum Gasteiger partial charge on any atom is -0.491 e. The van der Waals surface area contributed by atoms with Crippen LogP contribution in [0.15, 0.2) is 48.5 Å². The molecule has 29 heavy (non-hydrogen) atoms. The Labute approximate surface area is 168 Å². The number of aliphatic hydroxyl groups is 1. The van der Waals surface area contributed by atoms with Gasteiger partial charge in [-0.2, -0.15) is 0 Å². The maximum atomic E-state index is 12.2. The van der Waals surface area contributed by atoms with Crippen molar-refractivity contribution in [3.8, 4) is 11.5 Å². The molecule has 0 saturated carbocycles. The Hall–Kier alpha value is -2.52. The summed E-state index contributed by atoms with van der Waals surface area (Å²) < 4.78 is 45.8. The minimum atomic E-state index is -4.77. The minimum absolute atomic E-state index is 0.0161. The van der Waals surface area contributed by atoms with Gasteiger partial charge in [-0.3, -0.25) is 9.59 Å². The number of thioether (sulfide) groups is 1. The van der Waals surface area contributed by atoms with Crippen LogP contribution in [0.25, 0.3) is 0 Å². The molecular formula is C20H17F3O5S. The summed E-state index contributed by atoms with van der Waals surface area (Å²) in [5.74, 6) is 0.0620. The van der Waals surface area contributed by atoms with Gasteiger partial charge in [0.15, 0.2) is 10.9 Å². The molecule has 2 atom stereocenters. The molecule has 1 aliphatic heterocycles. The van der Waals surface area contributed by atoms with E-state index in [-0.39, 0.29) is 34.9 Å². The smallest absolute Gasteiger partial charge is 0.491 e. The first-order valence-corrected chi connectivity index (χ1v) is 9.55. The van der Waals surface area contributed by atoms with Gasteiger partial charge in [0.2, 0.25) is 0 Å². The van der Waals surface area contributed by atoms with Crippen LogP contribution in [0.5, 0.6) is 11.5 Å². The van der Waals surface area contributed by atoms with E-state index in [2.05, 4.69) is 4.74 Å². The summed E-state index contributed by atoms with van der Waals surface area (Å²) in [5.41, 5.74) is 1.27. The molecule has 0 bridgehead atoms. The Morgan fingerprint density at radius 3 is 2.21 bits per heavy atom. The number of ether oxygens (including phenoxy) is 2. The quantitative estimate of drug-likeness (QED) is 0.679. The Kier molecular flexibility index (Phi) is 6.49. The van der Waals surface area contributed by atoms with E-state index in [0.717, 1.165) is 29.5 Å². The number of Topliss-reactive ketones (excluding diaryl/α,β-unsaturated/α-hetero) is 1. The second-order valence-corrected chi connectivity index (χ2v) is 7.67. The van der Waals surface area contributed by atoms with Crippen LogP contribution >= 0.6 is 11.8 Å². The molecule has 0 spiro atoms. The summed E-state index contributed by atoms with van der Waals surface area (Å²) in [4.78, 5) is 23.0. The lowest BCUT2D eigenvalue weighted by atomic mass is 10.1. The molecule has 0 radical (unpaired) electrons. The molecule has 1 saturated heterocycles. The fourth-order valence-electron chi connectivity index (χ4n) is 2.78. The van der Waals surface area contributed by atoms with E-state index in [1.807, 2.05) is 0 Å². The summed E-state index contributed by atoms with van der Waals surface area (Å²) in [6.07, 6.45) is -5.36. The molecule has 1 heterocycles. The third-order valence-electron chi connectivity index (χ3n) is 4.20. The Morgan fingerprint density at radius 2 is 1.66 bits per heavy atom. The van der Waals surface area contributed by atoms with E-state index in [9.17, 15) is 27.9 Å². The second kappa shape index (κ2) is 8.87. The van der Waals surface area contributed by atoms with Crippen molar-refractivity contribution >= 4 is 22.7 Å². The Bertz CT molecular complexity index is 865. The van der Waals surface area contributed by atoms with Gasteiger partial charge in [-0.25, -0.2) is 0 Å². The molecule has 1 fully saturated rings. The monoisotopic (exact) mass is 426 g/mol. The fraction of sp³-hybridized carbons (Fsp3) is 0.300. The molecule has 2 aromatic rings. The third-order valence-corrected chi connectivity index (χ3v) is 5.32. The predicted octanol–water partition coefficient (Wildman–Crippen LogP) is 3.84. The fourth-order valence-corrected chi connectivity index (χ4v) is 3.81. The van der Waals surface area contributed by atoms with Crippen molar-refractivity contribution in [3.63, 3.8) is 0 Å². The summed E-state index contributed by atoms with van der Waals surface area (Å²) >= 11 is 1.06. The summed E-state index contributed by atoms with van der Waals surface area (Å²) in [7, 11) is 0. The molecule has 2 aromatic carbocycles. The largest absolute Gasteiger partial charge is 0.573 e. The van der Waals surface area contributed by atoms with Gasteiger partial charge >= 0.3 is 6.36 Å². The van der Waals surface area contributed by atoms with E-state index in [1.165, 1.54) is 12.1 Å². The van der Waals surface area contributed by atoms with Crippen LogP contribution in [-0.4, -0.2) is 34.2 Å². The highest BCUT2D eigenvalue weighted by atomic mass is 32.2. The second-order valence-electron chi connectivity index (χ2n) is 6.41. The molecule has 3 rings (SSSR count). The molecule has 2 unspecified atom stereocenters. The molecule has 5 nitrogen and oxygen atoms in total. The number of carbonyl (C=O) groups is 2. The number of benzene rings is 2. The maximum absolute atomic E-state index is 12.2. The van der Waals surface area contributed by atoms with Gasteiger partial charge in [-0.15, -0.1) is 13.2 Å². The summed E-state index contributed by atoms with van der Waals surface area (Å²) in [6, 6.07) is 11.8. The normalized spacial score (nSPS) is 18.0. The number of hydrogen-bond donors (Lipinski definition) is 1. The lowest BCUT2D eigenvalue weighted by molar-refractivity contribution is -0.274. The Balaban J connectivity index is 1.50. The average Bonchev–Trinajstić information content (AvgIpc) is 2.97. The zero-order chi connectivity index (χ0) is 21.0. The third kappa shape index (κ3) is 6.23. The zero-order valence-electron chi connectivity index (χ0n) is 15.0. The van der Waals surface area contributed by atoms with E-state index < -0.39 is 12.5 Å². The molecule has 0 aromatic heterocycles. The van der Waals surface area contributed by atoms with Gasteiger partial charge in [0, 0.05) is 0 Å². The van der Waals surface area contributed by atoms with Crippen LogP contribution < -0.4 is 9.47 Å². The number of rotatable bonds is 7. The molecule has 154 valence electrons. The molecular weight excluding hydrogens is 409 g/mol. The molecule has 0 amide bonds. The van der Waals surface area contributed by atoms with Crippen molar-refractivity contribution in [3.05, 3.63) is 59.7 Å². The highest BCUT2D eigenvalue weighted by Crippen LogP contribution is 2.29. The van der Waals surface area contributed by atoms with E-state index in [4.69, 9.17) is 4.74 Å². The van der Waals surface area contributed by atoms with E-state index in [1.54, 1.807) is 24.3 Å². The highest BCUT2D eigenvalue weighted by molar-refractivity contribution is 8.15.